The highest BCUT2D eigenvalue weighted by Crippen LogP contribution is 2.16. The molecular formula is C23H28N2O4. The van der Waals surface area contributed by atoms with Gasteiger partial charge in [-0.3, -0.25) is 9.59 Å². The van der Waals surface area contributed by atoms with Gasteiger partial charge in [0, 0.05) is 26.2 Å². The lowest BCUT2D eigenvalue weighted by molar-refractivity contribution is -0.141. The molecule has 2 aromatic carbocycles. The van der Waals surface area contributed by atoms with Crippen molar-refractivity contribution in [2.75, 3.05) is 39.4 Å². The van der Waals surface area contributed by atoms with E-state index in [2.05, 4.69) is 0 Å². The monoisotopic (exact) mass is 396 g/mol. The number of rotatable bonds is 7. The van der Waals surface area contributed by atoms with Crippen LogP contribution in [0.4, 0.5) is 0 Å². The number of para-hydroxylation sites is 1. The molecule has 1 saturated heterocycles. The second kappa shape index (κ2) is 9.96. The lowest BCUT2D eigenvalue weighted by Crippen LogP contribution is -2.51. The molecule has 0 N–H and O–H groups in total. The van der Waals surface area contributed by atoms with E-state index in [0.29, 0.717) is 45.0 Å². The molecule has 1 heterocycles. The summed E-state index contributed by atoms with van der Waals surface area (Å²) in [5.41, 5.74) is 2.33. The van der Waals surface area contributed by atoms with Crippen LogP contribution in [0.3, 0.4) is 0 Å². The zero-order chi connectivity index (χ0) is 20.6. The number of hydrogen-bond acceptors (Lipinski definition) is 4. The Balaban J connectivity index is 1.37. The van der Waals surface area contributed by atoms with Gasteiger partial charge in [-0.2, -0.15) is 0 Å². The highest BCUT2D eigenvalue weighted by atomic mass is 16.5. The molecular weight excluding hydrogens is 368 g/mol. The first-order valence-electron chi connectivity index (χ1n) is 9.96. The Labute approximate surface area is 172 Å². The van der Waals surface area contributed by atoms with Gasteiger partial charge in [0.15, 0.2) is 6.61 Å². The van der Waals surface area contributed by atoms with Crippen LogP contribution in [0.15, 0.2) is 48.5 Å². The van der Waals surface area contributed by atoms with E-state index < -0.39 is 0 Å². The number of benzene rings is 2. The van der Waals surface area contributed by atoms with E-state index in [1.165, 1.54) is 5.56 Å². The molecule has 0 saturated carbocycles. The number of ether oxygens (including phenoxy) is 2. The Kier molecular flexibility index (Phi) is 7.11. The minimum atomic E-state index is -0.0530. The van der Waals surface area contributed by atoms with Crippen LogP contribution in [0.25, 0.3) is 0 Å². The van der Waals surface area contributed by atoms with E-state index in [9.17, 15) is 9.59 Å². The van der Waals surface area contributed by atoms with Crippen molar-refractivity contribution in [1.82, 2.24) is 9.80 Å². The third kappa shape index (κ3) is 5.98. The van der Waals surface area contributed by atoms with Gasteiger partial charge < -0.3 is 19.3 Å². The van der Waals surface area contributed by atoms with Crippen molar-refractivity contribution in [2.45, 2.75) is 20.3 Å². The van der Waals surface area contributed by atoms with Crippen molar-refractivity contribution in [2.24, 2.45) is 0 Å². The molecule has 154 valence electrons. The summed E-state index contributed by atoms with van der Waals surface area (Å²) in [5, 5.41) is 0. The molecule has 0 bridgehead atoms. The fraction of sp³-hybridized carbons (Fsp3) is 0.391. The van der Waals surface area contributed by atoms with Crippen molar-refractivity contribution < 1.29 is 19.1 Å². The fourth-order valence-electron chi connectivity index (χ4n) is 3.18. The third-order valence-corrected chi connectivity index (χ3v) is 5.15. The SMILES string of the molecule is Cc1ccc(OCC(=O)N2CCN(C(=O)CCOc3ccccc3)CC2)cc1C. The lowest BCUT2D eigenvalue weighted by atomic mass is 10.1. The Hall–Kier alpha value is -3.02. The smallest absolute Gasteiger partial charge is 0.260 e. The summed E-state index contributed by atoms with van der Waals surface area (Å²) in [5.74, 6) is 1.47. The second-order valence-corrected chi connectivity index (χ2v) is 7.21. The average Bonchev–Trinajstić information content (AvgIpc) is 2.75. The molecule has 6 nitrogen and oxygen atoms in total. The van der Waals surface area contributed by atoms with Crippen LogP contribution in [0.5, 0.6) is 11.5 Å². The van der Waals surface area contributed by atoms with E-state index in [0.717, 1.165) is 11.3 Å². The van der Waals surface area contributed by atoms with Crippen LogP contribution in [0.1, 0.15) is 17.5 Å². The maximum absolute atomic E-state index is 12.4. The summed E-state index contributed by atoms with van der Waals surface area (Å²) in [7, 11) is 0. The highest BCUT2D eigenvalue weighted by molar-refractivity contribution is 5.79. The number of aryl methyl sites for hydroxylation is 2. The molecule has 0 unspecified atom stereocenters. The summed E-state index contributed by atoms with van der Waals surface area (Å²) < 4.78 is 11.2. The Morgan fingerprint density at radius 3 is 2.10 bits per heavy atom. The normalized spacial score (nSPS) is 13.9. The maximum Gasteiger partial charge on any atom is 0.260 e. The number of amides is 2. The molecule has 2 aromatic rings. The minimum absolute atomic E-state index is 0.0152. The summed E-state index contributed by atoms with van der Waals surface area (Å²) in [6.45, 7) is 6.57. The van der Waals surface area contributed by atoms with E-state index in [1.807, 2.05) is 62.4 Å². The van der Waals surface area contributed by atoms with Crippen LogP contribution in [-0.2, 0) is 9.59 Å². The number of carbonyl (C=O) groups excluding carboxylic acids is 2. The maximum atomic E-state index is 12.4. The second-order valence-electron chi connectivity index (χ2n) is 7.21. The highest BCUT2D eigenvalue weighted by Gasteiger charge is 2.24. The zero-order valence-electron chi connectivity index (χ0n) is 17.1. The summed E-state index contributed by atoms with van der Waals surface area (Å²) in [6, 6.07) is 15.3. The third-order valence-electron chi connectivity index (χ3n) is 5.15. The van der Waals surface area contributed by atoms with Crippen LogP contribution < -0.4 is 9.47 Å². The standard InChI is InChI=1S/C23H28N2O4/c1-18-8-9-21(16-19(18)2)29-17-23(27)25-13-11-24(12-14-25)22(26)10-15-28-20-6-4-3-5-7-20/h3-9,16H,10-15,17H2,1-2H3. The van der Waals surface area contributed by atoms with Gasteiger partial charge in [-0.15, -0.1) is 0 Å². The number of nitrogens with zero attached hydrogens (tertiary/aromatic N) is 2. The van der Waals surface area contributed by atoms with Gasteiger partial charge in [-0.05, 0) is 49.2 Å². The predicted octanol–water partition coefficient (Wildman–Crippen LogP) is 2.82. The van der Waals surface area contributed by atoms with Crippen molar-refractivity contribution >= 4 is 11.8 Å². The largest absolute Gasteiger partial charge is 0.493 e. The summed E-state index contributed by atoms with van der Waals surface area (Å²) in [4.78, 5) is 28.3. The Morgan fingerprint density at radius 1 is 0.793 bits per heavy atom. The van der Waals surface area contributed by atoms with Gasteiger partial charge >= 0.3 is 0 Å². The minimum Gasteiger partial charge on any atom is -0.493 e. The van der Waals surface area contributed by atoms with Crippen molar-refractivity contribution in [3.05, 3.63) is 59.7 Å². The van der Waals surface area contributed by atoms with Crippen molar-refractivity contribution in [3.8, 4) is 11.5 Å². The fourth-order valence-corrected chi connectivity index (χ4v) is 3.18. The van der Waals surface area contributed by atoms with Crippen LogP contribution in [-0.4, -0.2) is 61.0 Å². The van der Waals surface area contributed by atoms with Gasteiger partial charge in [0.2, 0.25) is 5.91 Å². The molecule has 3 rings (SSSR count). The molecule has 0 aromatic heterocycles. The number of piperazine rings is 1. The van der Waals surface area contributed by atoms with E-state index in [4.69, 9.17) is 9.47 Å². The van der Waals surface area contributed by atoms with Gasteiger partial charge in [0.25, 0.3) is 5.91 Å². The van der Waals surface area contributed by atoms with E-state index in [-0.39, 0.29) is 18.4 Å². The van der Waals surface area contributed by atoms with E-state index in [1.54, 1.807) is 9.80 Å². The first-order chi connectivity index (χ1) is 14.0. The van der Waals surface area contributed by atoms with Gasteiger partial charge in [0.05, 0.1) is 13.0 Å². The lowest BCUT2D eigenvalue weighted by Gasteiger charge is -2.34. The van der Waals surface area contributed by atoms with Crippen molar-refractivity contribution in [1.29, 1.82) is 0 Å². The first-order valence-corrected chi connectivity index (χ1v) is 9.96. The van der Waals surface area contributed by atoms with Gasteiger partial charge in [-0.1, -0.05) is 24.3 Å². The van der Waals surface area contributed by atoms with Crippen LogP contribution in [0, 0.1) is 13.8 Å². The molecule has 6 heteroatoms. The van der Waals surface area contributed by atoms with Crippen molar-refractivity contribution in [3.63, 3.8) is 0 Å². The van der Waals surface area contributed by atoms with Gasteiger partial charge in [-0.25, -0.2) is 0 Å². The molecule has 1 aliphatic rings. The Morgan fingerprint density at radius 2 is 1.45 bits per heavy atom. The topological polar surface area (TPSA) is 59.1 Å². The summed E-state index contributed by atoms with van der Waals surface area (Å²) >= 11 is 0. The first kappa shape index (κ1) is 20.7. The quantitative estimate of drug-likeness (QED) is 0.722. The zero-order valence-corrected chi connectivity index (χ0v) is 17.1. The molecule has 0 atom stereocenters. The van der Waals surface area contributed by atoms with Crippen LogP contribution >= 0.6 is 0 Å². The summed E-state index contributed by atoms with van der Waals surface area (Å²) in [6.07, 6.45) is 0.332. The number of carbonyl (C=O) groups is 2. The molecule has 29 heavy (non-hydrogen) atoms. The predicted molar refractivity (Wildman–Crippen MR) is 111 cm³/mol. The molecule has 0 spiro atoms. The molecule has 1 fully saturated rings. The average molecular weight is 396 g/mol. The van der Waals surface area contributed by atoms with Gasteiger partial charge in [0.1, 0.15) is 11.5 Å². The molecule has 0 radical (unpaired) electrons. The molecule has 0 aliphatic carbocycles. The number of hydrogen-bond donors (Lipinski definition) is 0. The van der Waals surface area contributed by atoms with Crippen LogP contribution in [0.2, 0.25) is 0 Å². The Bertz CT molecular complexity index is 830. The molecule has 2 amide bonds. The molecule has 1 aliphatic heterocycles. The van der Waals surface area contributed by atoms with E-state index >= 15 is 0 Å².